The van der Waals surface area contributed by atoms with Crippen LogP contribution in [-0.4, -0.2) is 28.9 Å². The Bertz CT molecular complexity index is 525. The van der Waals surface area contributed by atoms with Crippen molar-refractivity contribution in [2.75, 3.05) is 5.32 Å². The second-order valence-electron chi connectivity index (χ2n) is 4.74. The van der Waals surface area contributed by atoms with Crippen LogP contribution < -0.4 is 10.6 Å². The number of amides is 2. The Hall–Kier alpha value is -2.37. The smallest absolute Gasteiger partial charge is 0.303 e. The van der Waals surface area contributed by atoms with Crippen LogP contribution in [0.3, 0.4) is 0 Å². The molecule has 1 aromatic rings. The van der Waals surface area contributed by atoms with E-state index in [-0.39, 0.29) is 18.2 Å². The van der Waals surface area contributed by atoms with Crippen molar-refractivity contribution < 1.29 is 19.5 Å². The first-order chi connectivity index (χ1) is 10.5. The summed E-state index contributed by atoms with van der Waals surface area (Å²) < 4.78 is 0. The Labute approximate surface area is 129 Å². The van der Waals surface area contributed by atoms with E-state index in [9.17, 15) is 14.4 Å². The van der Waals surface area contributed by atoms with Crippen molar-refractivity contribution >= 4 is 23.5 Å². The molecule has 6 heteroatoms. The van der Waals surface area contributed by atoms with Crippen LogP contribution in [0.4, 0.5) is 5.69 Å². The van der Waals surface area contributed by atoms with Gasteiger partial charge in [-0.3, -0.25) is 19.7 Å². The van der Waals surface area contributed by atoms with E-state index in [0.29, 0.717) is 19.3 Å². The Morgan fingerprint density at radius 2 is 1.91 bits per heavy atom. The molecule has 120 valence electrons. The molecule has 1 unspecified atom stereocenters. The number of benzene rings is 1. The van der Waals surface area contributed by atoms with Crippen LogP contribution in [0.1, 0.15) is 38.7 Å². The van der Waals surface area contributed by atoms with Gasteiger partial charge in [0.05, 0.1) is 0 Å². The first kappa shape index (κ1) is 17.7. The molecule has 0 saturated carbocycles. The number of anilines is 1. The number of rotatable bonds is 5. The molecule has 3 N–H and O–H groups in total. The number of imide groups is 1. The average Bonchev–Trinajstić information content (AvgIpc) is 2.51. The predicted octanol–water partition coefficient (Wildman–Crippen LogP) is 1.95. The minimum atomic E-state index is -0.823. The summed E-state index contributed by atoms with van der Waals surface area (Å²) in [5.74, 6) is -1.37. The van der Waals surface area contributed by atoms with Gasteiger partial charge in [0.15, 0.2) is 0 Å². The van der Waals surface area contributed by atoms with Crippen molar-refractivity contribution in [1.82, 2.24) is 5.32 Å². The van der Waals surface area contributed by atoms with Crippen molar-refractivity contribution in [3.05, 3.63) is 29.8 Å². The van der Waals surface area contributed by atoms with Gasteiger partial charge < -0.3 is 10.4 Å². The molecule has 6 nitrogen and oxygen atoms in total. The zero-order valence-corrected chi connectivity index (χ0v) is 12.9. The van der Waals surface area contributed by atoms with E-state index in [1.165, 1.54) is 0 Å². The normalized spacial score (nSPS) is 17.1. The maximum absolute atomic E-state index is 11.6. The highest BCUT2D eigenvalue weighted by Gasteiger charge is 2.26. The van der Waals surface area contributed by atoms with Gasteiger partial charge in [-0.1, -0.05) is 26.0 Å². The number of carbonyl (C=O) groups is 3. The fourth-order valence-electron chi connectivity index (χ4n) is 2.05. The third-order valence-electron chi connectivity index (χ3n) is 3.16. The number of carboxylic acids is 1. The molecule has 1 aromatic carbocycles. The number of aryl methyl sites for hydroxylation is 1. The molecule has 1 saturated heterocycles. The van der Waals surface area contributed by atoms with Crippen LogP contribution in [0, 0.1) is 0 Å². The molecule has 2 amide bonds. The largest absolute Gasteiger partial charge is 0.481 e. The summed E-state index contributed by atoms with van der Waals surface area (Å²) in [6.45, 7) is 4.00. The minimum absolute atomic E-state index is 0.0971. The maximum Gasteiger partial charge on any atom is 0.303 e. The fourth-order valence-corrected chi connectivity index (χ4v) is 2.05. The van der Waals surface area contributed by atoms with E-state index in [0.717, 1.165) is 11.3 Å². The molecule has 22 heavy (non-hydrogen) atoms. The molecule has 1 aliphatic heterocycles. The Kier molecular flexibility index (Phi) is 7.08. The lowest BCUT2D eigenvalue weighted by molar-refractivity contribution is -0.137. The van der Waals surface area contributed by atoms with E-state index >= 15 is 0 Å². The van der Waals surface area contributed by atoms with Crippen LogP contribution in [0.5, 0.6) is 0 Å². The van der Waals surface area contributed by atoms with Gasteiger partial charge in [0.1, 0.15) is 6.04 Å². The molecule has 0 radical (unpaired) electrons. The first-order valence-corrected chi connectivity index (χ1v) is 7.45. The van der Waals surface area contributed by atoms with Crippen molar-refractivity contribution in [2.24, 2.45) is 0 Å². The summed E-state index contributed by atoms with van der Waals surface area (Å²) in [4.78, 5) is 33.1. The van der Waals surface area contributed by atoms with Gasteiger partial charge in [0.2, 0.25) is 11.8 Å². The Morgan fingerprint density at radius 3 is 2.45 bits per heavy atom. The van der Waals surface area contributed by atoms with E-state index in [2.05, 4.69) is 10.6 Å². The van der Waals surface area contributed by atoms with Gasteiger partial charge in [-0.2, -0.15) is 0 Å². The third kappa shape index (κ3) is 5.55. The molecule has 0 spiro atoms. The van der Waals surface area contributed by atoms with Crippen molar-refractivity contribution in [3.8, 4) is 0 Å². The molecular formula is C16H22N2O4. The molecule has 0 aliphatic carbocycles. The molecular weight excluding hydrogens is 284 g/mol. The van der Waals surface area contributed by atoms with Crippen LogP contribution in [0.2, 0.25) is 0 Å². The quantitative estimate of drug-likeness (QED) is 0.723. The average molecular weight is 306 g/mol. The molecule has 1 atom stereocenters. The summed E-state index contributed by atoms with van der Waals surface area (Å²) in [7, 11) is 0. The fraction of sp³-hybridized carbons (Fsp3) is 0.438. The van der Waals surface area contributed by atoms with Gasteiger partial charge in [0.25, 0.3) is 0 Å². The van der Waals surface area contributed by atoms with Gasteiger partial charge >= 0.3 is 5.97 Å². The number of nitrogens with one attached hydrogen (secondary N) is 2. The van der Waals surface area contributed by atoms with Crippen molar-refractivity contribution in [1.29, 1.82) is 0 Å². The third-order valence-corrected chi connectivity index (χ3v) is 3.16. The van der Waals surface area contributed by atoms with Crippen LogP contribution in [0.25, 0.3) is 0 Å². The van der Waals surface area contributed by atoms with E-state index in [4.69, 9.17) is 5.11 Å². The van der Waals surface area contributed by atoms with Crippen LogP contribution >= 0.6 is 0 Å². The topological polar surface area (TPSA) is 95.5 Å². The van der Waals surface area contributed by atoms with E-state index in [1.54, 1.807) is 12.1 Å². The second kappa shape index (κ2) is 8.81. The van der Waals surface area contributed by atoms with E-state index < -0.39 is 12.0 Å². The summed E-state index contributed by atoms with van der Waals surface area (Å²) in [6, 6.07) is 6.87. The Balaban J connectivity index is 0.00000116. The highest BCUT2D eigenvalue weighted by molar-refractivity contribution is 6.01. The number of hydrogen-bond acceptors (Lipinski definition) is 4. The lowest BCUT2D eigenvalue weighted by Gasteiger charge is -2.22. The van der Waals surface area contributed by atoms with Crippen LogP contribution in [-0.2, 0) is 20.8 Å². The molecule has 1 heterocycles. The SMILES string of the molecule is CC.O=C(O)CCc1ccc(NC2CCC(=O)NC2=O)cc1. The second-order valence-corrected chi connectivity index (χ2v) is 4.74. The van der Waals surface area contributed by atoms with E-state index in [1.807, 2.05) is 26.0 Å². The summed E-state index contributed by atoms with van der Waals surface area (Å²) in [5, 5.41) is 14.0. The Morgan fingerprint density at radius 1 is 1.27 bits per heavy atom. The summed E-state index contributed by atoms with van der Waals surface area (Å²) in [6.07, 6.45) is 1.39. The minimum Gasteiger partial charge on any atom is -0.481 e. The highest BCUT2D eigenvalue weighted by atomic mass is 16.4. The monoisotopic (exact) mass is 306 g/mol. The predicted molar refractivity (Wildman–Crippen MR) is 83.5 cm³/mol. The maximum atomic E-state index is 11.6. The zero-order chi connectivity index (χ0) is 16.5. The zero-order valence-electron chi connectivity index (χ0n) is 12.9. The summed E-state index contributed by atoms with van der Waals surface area (Å²) in [5.41, 5.74) is 1.71. The highest BCUT2D eigenvalue weighted by Crippen LogP contribution is 2.15. The van der Waals surface area contributed by atoms with Crippen LogP contribution in [0.15, 0.2) is 24.3 Å². The molecule has 0 bridgehead atoms. The van der Waals surface area contributed by atoms with Gasteiger partial charge in [-0.15, -0.1) is 0 Å². The number of aliphatic carboxylic acids is 1. The molecule has 2 rings (SSSR count). The first-order valence-electron chi connectivity index (χ1n) is 7.45. The lowest BCUT2D eigenvalue weighted by atomic mass is 10.1. The number of hydrogen-bond donors (Lipinski definition) is 3. The van der Waals surface area contributed by atoms with Gasteiger partial charge in [0, 0.05) is 18.5 Å². The number of carboxylic acid groups (broad SMARTS) is 1. The van der Waals surface area contributed by atoms with Crippen molar-refractivity contribution in [3.63, 3.8) is 0 Å². The molecule has 1 aliphatic rings. The molecule has 0 aromatic heterocycles. The number of piperidine rings is 1. The van der Waals surface area contributed by atoms with Gasteiger partial charge in [-0.05, 0) is 30.5 Å². The lowest BCUT2D eigenvalue weighted by Crippen LogP contribution is -2.47. The summed E-state index contributed by atoms with van der Waals surface area (Å²) >= 11 is 0. The standard InChI is InChI=1S/C14H16N2O4.C2H6/c17-12-7-6-11(14(20)16-12)15-10-4-1-9(2-5-10)3-8-13(18)19;1-2/h1-2,4-5,11,15H,3,6-8H2,(H,18,19)(H,16,17,20);1-2H3. The molecule has 1 fully saturated rings. The van der Waals surface area contributed by atoms with Crippen molar-refractivity contribution in [2.45, 2.75) is 45.6 Å². The van der Waals surface area contributed by atoms with Gasteiger partial charge in [-0.25, -0.2) is 0 Å². The number of carbonyl (C=O) groups excluding carboxylic acids is 2.